The summed E-state index contributed by atoms with van der Waals surface area (Å²) in [5, 5.41) is 8.00. The highest BCUT2D eigenvalue weighted by molar-refractivity contribution is 7.83. The van der Waals surface area contributed by atoms with Crippen molar-refractivity contribution >= 4 is 28.1 Å². The summed E-state index contributed by atoms with van der Waals surface area (Å²) < 4.78 is 22.1. The van der Waals surface area contributed by atoms with Crippen molar-refractivity contribution in [3.05, 3.63) is 45.8 Å². The van der Waals surface area contributed by atoms with Gasteiger partial charge in [0.05, 0.1) is 30.5 Å². The molecule has 2 aromatic rings. The van der Waals surface area contributed by atoms with Crippen LogP contribution in [0.2, 0.25) is 5.02 Å². The Morgan fingerprint density at radius 1 is 1.45 bits per heavy atom. The predicted octanol–water partition coefficient (Wildman–Crippen LogP) is 2.89. The van der Waals surface area contributed by atoms with Gasteiger partial charge in [-0.05, 0) is 17.7 Å². The molecule has 1 aromatic carbocycles. The van der Waals surface area contributed by atoms with Crippen LogP contribution in [0.25, 0.3) is 0 Å². The molecule has 7 heteroatoms. The van der Waals surface area contributed by atoms with Crippen molar-refractivity contribution in [1.29, 1.82) is 0 Å². The lowest BCUT2D eigenvalue weighted by Gasteiger charge is -2.12. The van der Waals surface area contributed by atoms with Gasteiger partial charge in [0.25, 0.3) is 0 Å². The van der Waals surface area contributed by atoms with Gasteiger partial charge >= 0.3 is 0 Å². The zero-order valence-corrected chi connectivity index (χ0v) is 13.8. The second kappa shape index (κ2) is 6.81. The third-order valence-electron chi connectivity index (χ3n) is 3.52. The molecule has 0 saturated heterocycles. The molecular weight excluding hydrogens is 324 g/mol. The Labute approximate surface area is 136 Å². The number of anilines is 1. The van der Waals surface area contributed by atoms with E-state index in [9.17, 15) is 4.21 Å². The van der Waals surface area contributed by atoms with Gasteiger partial charge in [-0.3, -0.25) is 4.21 Å². The van der Waals surface area contributed by atoms with Gasteiger partial charge < -0.3 is 14.6 Å². The van der Waals surface area contributed by atoms with Crippen molar-refractivity contribution in [1.82, 2.24) is 5.16 Å². The highest BCUT2D eigenvalue weighted by Crippen LogP contribution is 2.26. The standard InChI is InChI=1S/C15H17ClN2O3S/c1-22(19)9-10-2-3-12(16)13(6-10)17-7-14-11-8-20-5-4-15(11)21-18-14/h2-3,6,17H,4-5,7-9H2,1H3. The van der Waals surface area contributed by atoms with Crippen LogP contribution in [0.3, 0.4) is 0 Å². The number of hydrogen-bond acceptors (Lipinski definition) is 5. The number of fused-ring (bicyclic) bond motifs is 1. The SMILES string of the molecule is CS(=O)Cc1ccc(Cl)c(NCc2noc3c2COCC3)c1. The normalized spacial score (nSPS) is 15.4. The smallest absolute Gasteiger partial charge is 0.144 e. The Hall–Kier alpha value is -1.37. The zero-order chi connectivity index (χ0) is 15.5. The number of benzene rings is 1. The van der Waals surface area contributed by atoms with Gasteiger partial charge in [0.15, 0.2) is 0 Å². The van der Waals surface area contributed by atoms with Crippen molar-refractivity contribution in [3.63, 3.8) is 0 Å². The van der Waals surface area contributed by atoms with Crippen molar-refractivity contribution in [2.45, 2.75) is 25.3 Å². The molecule has 22 heavy (non-hydrogen) atoms. The molecule has 0 amide bonds. The Morgan fingerprint density at radius 2 is 2.32 bits per heavy atom. The summed E-state index contributed by atoms with van der Waals surface area (Å²) in [6, 6.07) is 5.63. The van der Waals surface area contributed by atoms with Crippen LogP contribution in [0.5, 0.6) is 0 Å². The summed E-state index contributed by atoms with van der Waals surface area (Å²) >= 11 is 6.21. The van der Waals surface area contributed by atoms with E-state index in [4.69, 9.17) is 20.9 Å². The lowest BCUT2D eigenvalue weighted by Crippen LogP contribution is -2.11. The fraction of sp³-hybridized carbons (Fsp3) is 0.400. The first-order chi connectivity index (χ1) is 10.6. The van der Waals surface area contributed by atoms with Crippen LogP contribution in [0.15, 0.2) is 22.7 Å². The van der Waals surface area contributed by atoms with E-state index < -0.39 is 10.8 Å². The van der Waals surface area contributed by atoms with Crippen molar-refractivity contribution in [3.8, 4) is 0 Å². The number of nitrogens with zero attached hydrogens (tertiary/aromatic N) is 1. The van der Waals surface area contributed by atoms with Crippen molar-refractivity contribution in [2.24, 2.45) is 0 Å². The van der Waals surface area contributed by atoms with Crippen LogP contribution in [-0.2, 0) is 40.9 Å². The molecule has 1 aliphatic rings. The molecule has 1 N–H and O–H groups in total. The highest BCUT2D eigenvalue weighted by atomic mass is 35.5. The van der Waals surface area contributed by atoms with Crippen molar-refractivity contribution < 1.29 is 13.5 Å². The summed E-state index contributed by atoms with van der Waals surface area (Å²) in [7, 11) is -0.881. The maximum atomic E-state index is 11.3. The second-order valence-electron chi connectivity index (χ2n) is 5.22. The van der Waals surface area contributed by atoms with Gasteiger partial charge in [-0.2, -0.15) is 0 Å². The maximum absolute atomic E-state index is 11.3. The van der Waals surface area contributed by atoms with Crippen LogP contribution in [0, 0.1) is 0 Å². The molecule has 1 aliphatic heterocycles. The van der Waals surface area contributed by atoms with E-state index in [0.29, 0.717) is 30.5 Å². The van der Waals surface area contributed by atoms with Crippen LogP contribution in [0.1, 0.15) is 22.6 Å². The van der Waals surface area contributed by atoms with E-state index in [1.165, 1.54) is 0 Å². The molecule has 1 unspecified atom stereocenters. The quantitative estimate of drug-likeness (QED) is 0.906. The molecule has 0 aliphatic carbocycles. The minimum atomic E-state index is -0.881. The molecule has 1 atom stereocenters. The van der Waals surface area contributed by atoms with Gasteiger partial charge in [0.2, 0.25) is 0 Å². The van der Waals surface area contributed by atoms with E-state index in [0.717, 1.165) is 34.7 Å². The van der Waals surface area contributed by atoms with Crippen molar-refractivity contribution in [2.75, 3.05) is 18.2 Å². The molecule has 0 saturated carbocycles. The number of aromatic nitrogens is 1. The number of nitrogens with one attached hydrogen (secondary N) is 1. The molecular formula is C15H17ClN2O3S. The van der Waals surface area contributed by atoms with E-state index in [1.54, 1.807) is 6.26 Å². The number of hydrogen-bond donors (Lipinski definition) is 1. The number of rotatable bonds is 5. The fourth-order valence-corrected chi connectivity index (χ4v) is 3.26. The largest absolute Gasteiger partial charge is 0.378 e. The third kappa shape index (κ3) is 3.51. The Kier molecular flexibility index (Phi) is 4.81. The van der Waals surface area contributed by atoms with E-state index in [-0.39, 0.29) is 0 Å². The topological polar surface area (TPSA) is 64.4 Å². The van der Waals surface area contributed by atoms with E-state index >= 15 is 0 Å². The maximum Gasteiger partial charge on any atom is 0.144 e. The summed E-state index contributed by atoms with van der Waals surface area (Å²) in [6.45, 7) is 1.73. The van der Waals surface area contributed by atoms with Gasteiger partial charge in [-0.25, -0.2) is 0 Å². The minimum Gasteiger partial charge on any atom is -0.378 e. The molecule has 0 bridgehead atoms. The molecule has 0 fully saturated rings. The fourth-order valence-electron chi connectivity index (χ4n) is 2.43. The molecule has 0 spiro atoms. The number of ether oxygens (including phenoxy) is 1. The van der Waals surface area contributed by atoms with Crippen LogP contribution in [-0.4, -0.2) is 22.2 Å². The Bertz CT molecular complexity index is 702. The Balaban J connectivity index is 1.73. The first-order valence-electron chi connectivity index (χ1n) is 7.00. The van der Waals surface area contributed by atoms with E-state index in [2.05, 4.69) is 10.5 Å². The zero-order valence-electron chi connectivity index (χ0n) is 12.2. The first kappa shape index (κ1) is 15.5. The van der Waals surface area contributed by atoms with Gasteiger partial charge in [-0.1, -0.05) is 22.8 Å². The average Bonchev–Trinajstić information content (AvgIpc) is 2.90. The van der Waals surface area contributed by atoms with Gasteiger partial charge in [-0.15, -0.1) is 0 Å². The molecule has 3 rings (SSSR count). The monoisotopic (exact) mass is 340 g/mol. The summed E-state index contributed by atoms with van der Waals surface area (Å²) in [5.74, 6) is 1.42. The Morgan fingerprint density at radius 3 is 3.14 bits per heavy atom. The number of halogens is 1. The molecule has 118 valence electrons. The molecule has 2 heterocycles. The van der Waals surface area contributed by atoms with Gasteiger partial charge in [0, 0.05) is 34.8 Å². The minimum absolute atomic E-state index is 0.513. The average molecular weight is 341 g/mol. The van der Waals surface area contributed by atoms with Crippen LogP contribution >= 0.6 is 11.6 Å². The lowest BCUT2D eigenvalue weighted by atomic mass is 10.1. The second-order valence-corrected chi connectivity index (χ2v) is 7.06. The first-order valence-corrected chi connectivity index (χ1v) is 9.10. The van der Waals surface area contributed by atoms with Crippen LogP contribution < -0.4 is 5.32 Å². The molecule has 0 radical (unpaired) electrons. The highest BCUT2D eigenvalue weighted by Gasteiger charge is 2.19. The molecule has 1 aromatic heterocycles. The lowest BCUT2D eigenvalue weighted by molar-refractivity contribution is 0.102. The predicted molar refractivity (Wildman–Crippen MR) is 86.4 cm³/mol. The summed E-state index contributed by atoms with van der Waals surface area (Å²) in [4.78, 5) is 0. The molecule has 5 nitrogen and oxygen atoms in total. The third-order valence-corrected chi connectivity index (χ3v) is 4.59. The summed E-state index contributed by atoms with van der Waals surface area (Å²) in [5.41, 5.74) is 3.66. The van der Waals surface area contributed by atoms with E-state index in [1.807, 2.05) is 18.2 Å². The summed E-state index contributed by atoms with van der Waals surface area (Å²) in [6.07, 6.45) is 2.45. The van der Waals surface area contributed by atoms with Crippen LogP contribution in [0.4, 0.5) is 5.69 Å². The van der Waals surface area contributed by atoms with Gasteiger partial charge in [0.1, 0.15) is 11.5 Å².